The van der Waals surface area contributed by atoms with Crippen molar-refractivity contribution in [3.63, 3.8) is 0 Å². The van der Waals surface area contributed by atoms with Crippen molar-refractivity contribution < 1.29 is 4.79 Å². The first kappa shape index (κ1) is 14.4. The maximum absolute atomic E-state index is 12.5. The summed E-state index contributed by atoms with van der Waals surface area (Å²) in [5.74, 6) is 3.24. The molecule has 0 aromatic carbocycles. The molecule has 20 heavy (non-hydrogen) atoms. The van der Waals surface area contributed by atoms with Gasteiger partial charge in [-0.15, -0.1) is 0 Å². The Morgan fingerprint density at radius 1 is 1.15 bits per heavy atom. The largest absolute Gasteiger partial charge is 0.346 e. The van der Waals surface area contributed by atoms with Gasteiger partial charge in [0.15, 0.2) is 0 Å². The normalized spacial score (nSPS) is 38.2. The molecule has 0 unspecified atom stereocenters. The Morgan fingerprint density at radius 2 is 1.70 bits per heavy atom. The van der Waals surface area contributed by atoms with E-state index in [-0.39, 0.29) is 0 Å². The fourth-order valence-electron chi connectivity index (χ4n) is 5.58. The van der Waals surface area contributed by atoms with E-state index in [1.807, 2.05) is 19.0 Å². The fourth-order valence-corrected chi connectivity index (χ4v) is 5.58. The highest BCUT2D eigenvalue weighted by Crippen LogP contribution is 2.61. The predicted molar refractivity (Wildman–Crippen MR) is 81.4 cm³/mol. The molecule has 0 heterocycles. The second-order valence-corrected chi connectivity index (χ2v) is 7.87. The van der Waals surface area contributed by atoms with Crippen LogP contribution in [-0.4, -0.2) is 38.0 Å². The Morgan fingerprint density at radius 3 is 2.20 bits per heavy atom. The Kier molecular flexibility index (Phi) is 4.07. The molecule has 4 bridgehead atoms. The van der Waals surface area contributed by atoms with E-state index >= 15 is 0 Å². The van der Waals surface area contributed by atoms with Crippen LogP contribution in [0.1, 0.15) is 51.4 Å². The third kappa shape index (κ3) is 2.88. The molecule has 4 fully saturated rings. The van der Waals surface area contributed by atoms with Gasteiger partial charge in [0.1, 0.15) is 0 Å². The molecule has 1 amide bonds. The first-order chi connectivity index (χ1) is 9.60. The van der Waals surface area contributed by atoms with E-state index in [1.54, 1.807) is 0 Å². The summed E-state index contributed by atoms with van der Waals surface area (Å²) in [6.07, 6.45) is 10.3. The molecule has 0 aromatic rings. The lowest BCUT2D eigenvalue weighted by atomic mass is 9.49. The molecule has 3 heteroatoms. The zero-order valence-electron chi connectivity index (χ0n) is 13.2. The van der Waals surface area contributed by atoms with Gasteiger partial charge in [0.2, 0.25) is 5.91 Å². The van der Waals surface area contributed by atoms with Crippen molar-refractivity contribution in [3.05, 3.63) is 0 Å². The van der Waals surface area contributed by atoms with Crippen LogP contribution < -0.4 is 5.32 Å². The average Bonchev–Trinajstić information content (AvgIpc) is 2.36. The molecule has 4 aliphatic rings. The molecular weight excluding hydrogens is 248 g/mol. The highest BCUT2D eigenvalue weighted by molar-refractivity contribution is 5.76. The number of carbonyl (C=O) groups excluding carboxylic acids is 1. The average molecular weight is 278 g/mol. The number of carbonyl (C=O) groups is 1. The monoisotopic (exact) mass is 278 g/mol. The zero-order chi connectivity index (χ0) is 14.2. The third-order valence-corrected chi connectivity index (χ3v) is 6.04. The molecule has 0 radical (unpaired) electrons. The van der Waals surface area contributed by atoms with Gasteiger partial charge in [-0.3, -0.25) is 4.79 Å². The maximum Gasteiger partial charge on any atom is 0.222 e. The van der Waals surface area contributed by atoms with Crippen molar-refractivity contribution in [3.8, 4) is 0 Å². The molecule has 4 rings (SSSR count). The third-order valence-electron chi connectivity index (χ3n) is 6.04. The Labute approximate surface area is 123 Å². The molecule has 4 saturated carbocycles. The predicted octanol–water partition coefficient (Wildman–Crippen LogP) is 2.66. The summed E-state index contributed by atoms with van der Waals surface area (Å²) in [4.78, 5) is 14.5. The summed E-state index contributed by atoms with van der Waals surface area (Å²) in [5, 5.41) is 3.15. The minimum atomic E-state index is 0.392. The standard InChI is InChI=1S/C17H30N2O/c1-18-4-3-5-19(2)16(20)12-17-9-13-6-14(10-17)8-15(7-13)11-17/h13-15,18H,3-12H2,1-2H3. The number of rotatable bonds is 6. The molecule has 0 atom stereocenters. The zero-order valence-corrected chi connectivity index (χ0v) is 13.2. The lowest BCUT2D eigenvalue weighted by Gasteiger charge is -2.56. The number of nitrogens with one attached hydrogen (secondary N) is 1. The lowest BCUT2D eigenvalue weighted by molar-refractivity contribution is -0.138. The van der Waals surface area contributed by atoms with Gasteiger partial charge in [-0.25, -0.2) is 0 Å². The first-order valence-electron chi connectivity index (χ1n) is 8.49. The van der Waals surface area contributed by atoms with E-state index in [1.165, 1.54) is 38.5 Å². The van der Waals surface area contributed by atoms with E-state index < -0.39 is 0 Å². The van der Waals surface area contributed by atoms with E-state index in [9.17, 15) is 4.79 Å². The Hall–Kier alpha value is -0.570. The van der Waals surface area contributed by atoms with Crippen LogP contribution in [0.3, 0.4) is 0 Å². The van der Waals surface area contributed by atoms with Crippen LogP contribution in [0.2, 0.25) is 0 Å². The van der Waals surface area contributed by atoms with Gasteiger partial charge in [0.05, 0.1) is 0 Å². The highest BCUT2D eigenvalue weighted by atomic mass is 16.2. The molecule has 3 nitrogen and oxygen atoms in total. The molecule has 0 saturated heterocycles. The number of hydrogen-bond donors (Lipinski definition) is 1. The van der Waals surface area contributed by atoms with Crippen molar-refractivity contribution in [1.29, 1.82) is 0 Å². The van der Waals surface area contributed by atoms with Crippen molar-refractivity contribution in [2.75, 3.05) is 27.2 Å². The molecule has 0 aliphatic heterocycles. The highest BCUT2D eigenvalue weighted by Gasteiger charge is 2.51. The summed E-state index contributed by atoms with van der Waals surface area (Å²) in [7, 11) is 3.95. The minimum absolute atomic E-state index is 0.392. The van der Waals surface area contributed by atoms with Crippen LogP contribution in [0, 0.1) is 23.2 Å². The summed E-state index contributed by atoms with van der Waals surface area (Å²) >= 11 is 0. The van der Waals surface area contributed by atoms with Crippen LogP contribution in [0.15, 0.2) is 0 Å². The topological polar surface area (TPSA) is 32.3 Å². The van der Waals surface area contributed by atoms with Gasteiger partial charge in [0.25, 0.3) is 0 Å². The summed E-state index contributed by atoms with van der Waals surface area (Å²) < 4.78 is 0. The summed E-state index contributed by atoms with van der Waals surface area (Å²) in [5.41, 5.74) is 0.392. The Balaban J connectivity index is 1.55. The number of nitrogens with zero attached hydrogens (tertiary/aromatic N) is 1. The van der Waals surface area contributed by atoms with Crippen molar-refractivity contribution >= 4 is 5.91 Å². The molecule has 1 N–H and O–H groups in total. The smallest absolute Gasteiger partial charge is 0.222 e. The van der Waals surface area contributed by atoms with E-state index in [4.69, 9.17) is 0 Å². The van der Waals surface area contributed by atoms with Crippen LogP contribution >= 0.6 is 0 Å². The van der Waals surface area contributed by atoms with Gasteiger partial charge in [-0.1, -0.05) is 0 Å². The van der Waals surface area contributed by atoms with E-state index in [0.717, 1.165) is 43.7 Å². The minimum Gasteiger partial charge on any atom is -0.346 e. The molecule has 0 aromatic heterocycles. The van der Waals surface area contributed by atoms with Gasteiger partial charge in [-0.2, -0.15) is 0 Å². The van der Waals surface area contributed by atoms with Crippen LogP contribution in [0.5, 0.6) is 0 Å². The Bertz CT molecular complexity index is 331. The molecular formula is C17H30N2O. The van der Waals surface area contributed by atoms with Gasteiger partial charge in [0, 0.05) is 20.0 Å². The lowest BCUT2D eigenvalue weighted by Crippen LogP contribution is -2.48. The first-order valence-corrected chi connectivity index (χ1v) is 8.49. The number of amides is 1. The van der Waals surface area contributed by atoms with E-state index in [2.05, 4.69) is 5.32 Å². The van der Waals surface area contributed by atoms with Crippen molar-refractivity contribution in [1.82, 2.24) is 10.2 Å². The van der Waals surface area contributed by atoms with Gasteiger partial charge >= 0.3 is 0 Å². The van der Waals surface area contributed by atoms with Crippen LogP contribution in [-0.2, 0) is 4.79 Å². The maximum atomic E-state index is 12.5. The molecule has 114 valence electrons. The SMILES string of the molecule is CNCCCN(C)C(=O)CC12CC3CC(CC(C3)C1)C2. The molecule has 0 spiro atoms. The molecule has 4 aliphatic carbocycles. The quantitative estimate of drug-likeness (QED) is 0.758. The van der Waals surface area contributed by atoms with Gasteiger partial charge < -0.3 is 10.2 Å². The fraction of sp³-hybridized carbons (Fsp3) is 0.941. The number of hydrogen-bond acceptors (Lipinski definition) is 2. The van der Waals surface area contributed by atoms with Gasteiger partial charge in [-0.05, 0) is 81.7 Å². The van der Waals surface area contributed by atoms with Crippen LogP contribution in [0.25, 0.3) is 0 Å². The second-order valence-electron chi connectivity index (χ2n) is 7.87. The summed E-state index contributed by atoms with van der Waals surface area (Å²) in [6.45, 7) is 1.89. The summed E-state index contributed by atoms with van der Waals surface area (Å²) in [6, 6.07) is 0. The van der Waals surface area contributed by atoms with E-state index in [0.29, 0.717) is 11.3 Å². The van der Waals surface area contributed by atoms with Crippen LogP contribution in [0.4, 0.5) is 0 Å². The van der Waals surface area contributed by atoms with Crippen molar-refractivity contribution in [2.24, 2.45) is 23.2 Å². The second kappa shape index (κ2) is 5.67. The van der Waals surface area contributed by atoms with Crippen molar-refractivity contribution in [2.45, 2.75) is 51.4 Å².